The lowest BCUT2D eigenvalue weighted by Gasteiger charge is -2.12. The molecule has 2 rings (SSSR count). The number of hydrogen-bond acceptors (Lipinski definition) is 6. The molecular weight excluding hydrogens is 506 g/mol. The van der Waals surface area contributed by atoms with Gasteiger partial charge in [-0.05, 0) is 45.0 Å². The van der Waals surface area contributed by atoms with E-state index in [1.54, 1.807) is 10.8 Å². The fraction of sp³-hybridized carbons (Fsp3) is 0.714. The van der Waals surface area contributed by atoms with E-state index >= 15 is 0 Å². The van der Waals surface area contributed by atoms with Gasteiger partial charge in [0, 0.05) is 25.6 Å². The van der Waals surface area contributed by atoms with Gasteiger partial charge in [0.2, 0.25) is 0 Å². The minimum absolute atomic E-state index is 0.00968. The van der Waals surface area contributed by atoms with Crippen LogP contribution < -0.4 is 5.56 Å². The van der Waals surface area contributed by atoms with E-state index < -0.39 is 5.97 Å². The Morgan fingerprint density at radius 2 is 1.50 bits per heavy atom. The first-order chi connectivity index (χ1) is 18.3. The molecule has 214 valence electrons. The smallest absolute Gasteiger partial charge is 0.307 e. The number of esters is 1. The van der Waals surface area contributed by atoms with Crippen LogP contribution in [0.1, 0.15) is 104 Å². The Hall–Kier alpha value is -2.46. The molecule has 0 saturated heterocycles. The van der Waals surface area contributed by atoms with Gasteiger partial charge in [0.05, 0.1) is 18.2 Å². The molecule has 2 aromatic heterocycles. The molecule has 0 bridgehead atoms. The van der Waals surface area contributed by atoms with E-state index in [0.29, 0.717) is 35.4 Å². The summed E-state index contributed by atoms with van der Waals surface area (Å²) in [6, 6.07) is 1.81. The van der Waals surface area contributed by atoms with Gasteiger partial charge in [-0.3, -0.25) is 19.4 Å². The molecule has 0 fully saturated rings. The lowest BCUT2D eigenvalue weighted by atomic mass is 10.0. The average molecular weight is 552 g/mol. The monoisotopic (exact) mass is 551 g/mol. The third-order valence-electron chi connectivity index (χ3n) is 6.57. The molecule has 9 nitrogen and oxygen atoms in total. The fourth-order valence-electron chi connectivity index (χ4n) is 4.50. The van der Waals surface area contributed by atoms with E-state index in [2.05, 4.69) is 4.98 Å². The Kier molecular flexibility index (Phi) is 15.0. The van der Waals surface area contributed by atoms with Gasteiger partial charge in [0.15, 0.2) is 11.5 Å². The van der Waals surface area contributed by atoms with Crippen molar-refractivity contribution in [3.05, 3.63) is 27.4 Å². The number of fused-ring (bicyclic) bond motifs is 1. The number of carboxylic acids is 1. The summed E-state index contributed by atoms with van der Waals surface area (Å²) < 4.78 is 14.9. The highest BCUT2D eigenvalue weighted by atomic mass is 32.1. The number of nitrogens with one attached hydrogen (secondary N) is 1. The quantitative estimate of drug-likeness (QED) is 0.106. The standard InChI is InChI=1S/C28H45N3O6S/c1-22(2)36-20-19-31-23-17-18-30(26(23)27(35)29-28(31)38)21-37-25(34)16-14-12-10-8-6-4-3-5-7-9-11-13-15-24(32)33/h17-18,22H,3-16,19-21H2,1-2H3,(H,32,33)(H,29,35,38). The van der Waals surface area contributed by atoms with Gasteiger partial charge in [-0.15, -0.1) is 0 Å². The number of aromatic nitrogens is 3. The highest BCUT2D eigenvalue weighted by molar-refractivity contribution is 7.71. The number of nitrogens with zero attached hydrogens (tertiary/aromatic N) is 2. The molecule has 0 spiro atoms. The molecule has 0 aliphatic carbocycles. The van der Waals surface area contributed by atoms with Crippen LogP contribution in [-0.4, -0.2) is 43.9 Å². The van der Waals surface area contributed by atoms with E-state index in [-0.39, 0.29) is 30.8 Å². The molecule has 0 saturated carbocycles. The van der Waals surface area contributed by atoms with Crippen molar-refractivity contribution in [1.29, 1.82) is 0 Å². The molecule has 0 amide bonds. The first-order valence-electron chi connectivity index (χ1n) is 14.1. The van der Waals surface area contributed by atoms with Crippen LogP contribution in [0.25, 0.3) is 11.0 Å². The van der Waals surface area contributed by atoms with Crippen molar-refractivity contribution in [3.63, 3.8) is 0 Å². The van der Waals surface area contributed by atoms with Crippen molar-refractivity contribution in [2.45, 2.75) is 123 Å². The van der Waals surface area contributed by atoms with Crippen LogP contribution in [0.5, 0.6) is 0 Å². The van der Waals surface area contributed by atoms with Crippen LogP contribution in [0.3, 0.4) is 0 Å². The largest absolute Gasteiger partial charge is 0.481 e. The predicted molar refractivity (Wildman–Crippen MR) is 151 cm³/mol. The van der Waals surface area contributed by atoms with Crippen LogP contribution in [0.2, 0.25) is 0 Å². The second kappa shape index (κ2) is 17.9. The number of carbonyl (C=O) groups is 2. The summed E-state index contributed by atoms with van der Waals surface area (Å²) in [6.07, 6.45) is 15.6. The summed E-state index contributed by atoms with van der Waals surface area (Å²) in [7, 11) is 0. The fourth-order valence-corrected chi connectivity index (χ4v) is 4.78. The maximum Gasteiger partial charge on any atom is 0.307 e. The summed E-state index contributed by atoms with van der Waals surface area (Å²) in [5.74, 6) is -0.959. The van der Waals surface area contributed by atoms with Crippen LogP contribution in [0.15, 0.2) is 17.1 Å². The third-order valence-corrected chi connectivity index (χ3v) is 6.89. The van der Waals surface area contributed by atoms with Gasteiger partial charge >= 0.3 is 11.9 Å². The molecule has 0 unspecified atom stereocenters. The maximum atomic E-state index is 12.5. The van der Waals surface area contributed by atoms with Crippen molar-refractivity contribution in [1.82, 2.24) is 14.1 Å². The number of carbonyl (C=O) groups excluding carboxylic acids is 1. The average Bonchev–Trinajstić information content (AvgIpc) is 3.29. The topological polar surface area (TPSA) is 116 Å². The molecular formula is C28H45N3O6S. The van der Waals surface area contributed by atoms with E-state index in [0.717, 1.165) is 38.5 Å². The van der Waals surface area contributed by atoms with Gasteiger partial charge in [-0.1, -0.05) is 64.2 Å². The molecule has 38 heavy (non-hydrogen) atoms. The van der Waals surface area contributed by atoms with Crippen molar-refractivity contribution < 1.29 is 24.2 Å². The zero-order valence-corrected chi connectivity index (χ0v) is 23.9. The highest BCUT2D eigenvalue weighted by Crippen LogP contribution is 2.15. The normalized spacial score (nSPS) is 11.4. The van der Waals surface area contributed by atoms with Crippen LogP contribution in [0, 0.1) is 4.77 Å². The predicted octanol–water partition coefficient (Wildman–Crippen LogP) is 6.33. The Bertz CT molecular complexity index is 1100. The third kappa shape index (κ3) is 11.9. The van der Waals surface area contributed by atoms with Crippen molar-refractivity contribution in [3.8, 4) is 0 Å². The SMILES string of the molecule is CC(C)OCCn1c(=S)[nH]c(=O)c2c1ccn2COC(=O)CCCCCCCCCCCCCCC(=O)O. The summed E-state index contributed by atoms with van der Waals surface area (Å²) >= 11 is 5.33. The van der Waals surface area contributed by atoms with E-state index in [1.165, 1.54) is 38.5 Å². The van der Waals surface area contributed by atoms with Gasteiger partial charge in [0.25, 0.3) is 5.56 Å². The highest BCUT2D eigenvalue weighted by Gasteiger charge is 2.12. The van der Waals surface area contributed by atoms with Crippen molar-refractivity contribution in [2.24, 2.45) is 0 Å². The first kappa shape index (κ1) is 31.8. The van der Waals surface area contributed by atoms with Crippen molar-refractivity contribution >= 4 is 35.2 Å². The number of hydrogen-bond donors (Lipinski definition) is 2. The van der Waals surface area contributed by atoms with Crippen molar-refractivity contribution in [2.75, 3.05) is 6.61 Å². The molecule has 0 radical (unpaired) electrons. The summed E-state index contributed by atoms with van der Waals surface area (Å²) in [5, 5.41) is 8.62. The molecule has 2 heterocycles. The minimum Gasteiger partial charge on any atom is -0.481 e. The Morgan fingerprint density at radius 3 is 2.05 bits per heavy atom. The van der Waals surface area contributed by atoms with Crippen LogP contribution in [0.4, 0.5) is 0 Å². The zero-order valence-electron chi connectivity index (χ0n) is 23.0. The lowest BCUT2D eigenvalue weighted by molar-refractivity contribution is -0.147. The molecule has 0 aromatic carbocycles. The van der Waals surface area contributed by atoms with Gasteiger partial charge < -0.3 is 23.7 Å². The summed E-state index contributed by atoms with van der Waals surface area (Å²) in [6.45, 7) is 4.92. The molecule has 2 N–H and O–H groups in total. The number of H-pyrrole nitrogens is 1. The summed E-state index contributed by atoms with van der Waals surface area (Å²) in [5.41, 5.74) is 0.815. The Morgan fingerprint density at radius 1 is 0.947 bits per heavy atom. The zero-order chi connectivity index (χ0) is 27.8. The Labute approximate surface area is 230 Å². The summed E-state index contributed by atoms with van der Waals surface area (Å²) in [4.78, 5) is 38.0. The van der Waals surface area contributed by atoms with E-state index in [9.17, 15) is 14.4 Å². The van der Waals surface area contributed by atoms with Gasteiger partial charge in [0.1, 0.15) is 5.52 Å². The first-order valence-corrected chi connectivity index (χ1v) is 14.5. The van der Waals surface area contributed by atoms with Crippen LogP contribution >= 0.6 is 12.2 Å². The number of carboxylic acid groups (broad SMARTS) is 1. The molecule has 10 heteroatoms. The number of aromatic amines is 1. The molecule has 0 aliphatic heterocycles. The molecule has 0 atom stereocenters. The number of aliphatic carboxylic acids is 1. The van der Waals surface area contributed by atoms with Gasteiger partial charge in [-0.2, -0.15) is 0 Å². The molecule has 0 aliphatic rings. The van der Waals surface area contributed by atoms with Gasteiger partial charge in [-0.25, -0.2) is 0 Å². The number of ether oxygens (including phenoxy) is 2. The second-order valence-electron chi connectivity index (χ2n) is 10.1. The second-order valence-corrected chi connectivity index (χ2v) is 10.5. The maximum absolute atomic E-state index is 12.5. The van der Waals surface area contributed by atoms with E-state index in [4.69, 9.17) is 26.8 Å². The minimum atomic E-state index is -0.700. The lowest BCUT2D eigenvalue weighted by Crippen LogP contribution is -2.20. The number of unbranched alkanes of at least 4 members (excludes halogenated alkanes) is 11. The van der Waals surface area contributed by atoms with Crippen LogP contribution in [-0.2, 0) is 32.3 Å². The van der Waals surface area contributed by atoms with E-state index in [1.807, 2.05) is 24.5 Å². The number of rotatable bonds is 21. The Balaban J connectivity index is 1.59. The molecule has 2 aromatic rings.